The van der Waals surface area contributed by atoms with Crippen LogP contribution in [-0.4, -0.2) is 24.3 Å². The van der Waals surface area contributed by atoms with Crippen LogP contribution in [0.2, 0.25) is 0 Å². The molecule has 1 saturated heterocycles. The van der Waals surface area contributed by atoms with E-state index < -0.39 is 17.7 Å². The summed E-state index contributed by atoms with van der Waals surface area (Å²) in [5, 5.41) is 8.45. The summed E-state index contributed by atoms with van der Waals surface area (Å²) in [6.07, 6.45) is 3.57. The number of carbonyl (C=O) groups is 2. The maximum atomic E-state index is 11.9. The molecule has 6 nitrogen and oxygen atoms in total. The first-order chi connectivity index (χ1) is 11.4. The van der Waals surface area contributed by atoms with E-state index in [1.807, 2.05) is 0 Å². The van der Waals surface area contributed by atoms with E-state index >= 15 is 0 Å². The first-order valence-corrected chi connectivity index (χ1v) is 7.69. The number of carbonyl (C=O) groups excluding carboxylic acids is 2. The van der Waals surface area contributed by atoms with E-state index in [2.05, 4.69) is 6.07 Å². The number of hydrogen-bond acceptors (Lipinski definition) is 6. The molecule has 1 fully saturated rings. The summed E-state index contributed by atoms with van der Waals surface area (Å²) < 4.78 is 15.6. The van der Waals surface area contributed by atoms with E-state index in [1.165, 1.54) is 19.9 Å². The van der Waals surface area contributed by atoms with Crippen molar-refractivity contribution in [3.05, 3.63) is 35.4 Å². The third-order valence-electron chi connectivity index (χ3n) is 3.26. The fourth-order valence-corrected chi connectivity index (χ4v) is 2.10. The molecule has 1 aliphatic rings. The molecule has 1 aliphatic heterocycles. The lowest BCUT2D eigenvalue weighted by atomic mass is 10.1. The van der Waals surface area contributed by atoms with E-state index in [9.17, 15) is 9.59 Å². The molecular formula is C18H19NO5. The lowest BCUT2D eigenvalue weighted by molar-refractivity contribution is -0.222. The van der Waals surface area contributed by atoms with E-state index in [1.54, 1.807) is 24.3 Å². The van der Waals surface area contributed by atoms with Crippen molar-refractivity contribution in [3.63, 3.8) is 0 Å². The normalized spacial score (nSPS) is 16.0. The van der Waals surface area contributed by atoms with Crippen molar-refractivity contribution in [2.24, 2.45) is 0 Å². The molecule has 0 saturated carbocycles. The van der Waals surface area contributed by atoms with Crippen LogP contribution in [0.15, 0.2) is 29.8 Å². The fourth-order valence-electron chi connectivity index (χ4n) is 2.10. The molecule has 24 heavy (non-hydrogen) atoms. The fraction of sp³-hybridized carbons (Fsp3) is 0.389. The number of unbranched alkanes of at least 4 members (excludes halogenated alkanes) is 2. The summed E-state index contributed by atoms with van der Waals surface area (Å²) in [4.78, 5) is 23.8. The molecular weight excluding hydrogens is 310 g/mol. The number of benzene rings is 1. The molecule has 0 amide bonds. The molecule has 0 aromatic heterocycles. The second-order valence-electron chi connectivity index (χ2n) is 5.77. The van der Waals surface area contributed by atoms with Gasteiger partial charge in [-0.05, 0) is 36.6 Å². The Morgan fingerprint density at radius 2 is 1.75 bits per heavy atom. The van der Waals surface area contributed by atoms with E-state index in [0.29, 0.717) is 24.3 Å². The molecule has 1 aromatic carbocycles. The summed E-state index contributed by atoms with van der Waals surface area (Å²) >= 11 is 0. The number of esters is 2. The van der Waals surface area contributed by atoms with Crippen LogP contribution in [0.4, 0.5) is 0 Å². The minimum absolute atomic E-state index is 0.139. The first-order valence-electron chi connectivity index (χ1n) is 7.69. The molecule has 1 heterocycles. The van der Waals surface area contributed by atoms with Crippen LogP contribution in [0.3, 0.4) is 0 Å². The lowest BCUT2D eigenvalue weighted by Gasteiger charge is -2.29. The van der Waals surface area contributed by atoms with Crippen LogP contribution >= 0.6 is 0 Å². The van der Waals surface area contributed by atoms with Crippen LogP contribution in [0.5, 0.6) is 5.75 Å². The Kier molecular flexibility index (Phi) is 5.59. The zero-order valence-corrected chi connectivity index (χ0v) is 13.7. The number of ether oxygens (including phenoxy) is 3. The molecule has 0 bridgehead atoms. The van der Waals surface area contributed by atoms with Gasteiger partial charge in [0.25, 0.3) is 5.79 Å². The van der Waals surface area contributed by atoms with Crippen LogP contribution in [0, 0.1) is 11.3 Å². The summed E-state index contributed by atoms with van der Waals surface area (Å²) in [6, 6.07) is 9.06. The third kappa shape index (κ3) is 4.85. The maximum Gasteiger partial charge on any atom is 0.348 e. The van der Waals surface area contributed by atoms with Gasteiger partial charge in [-0.1, -0.05) is 12.1 Å². The Hall–Kier alpha value is -2.81. The number of rotatable bonds is 6. The van der Waals surface area contributed by atoms with Gasteiger partial charge >= 0.3 is 11.9 Å². The van der Waals surface area contributed by atoms with Crippen molar-refractivity contribution in [2.45, 2.75) is 38.9 Å². The van der Waals surface area contributed by atoms with Crippen molar-refractivity contribution in [1.82, 2.24) is 0 Å². The Bertz CT molecular complexity index is 660. The highest BCUT2D eigenvalue weighted by Crippen LogP contribution is 2.24. The molecule has 0 radical (unpaired) electrons. The van der Waals surface area contributed by atoms with Crippen molar-refractivity contribution in [1.29, 1.82) is 5.26 Å². The molecule has 1 aromatic rings. The molecule has 0 unspecified atom stereocenters. The molecule has 6 heteroatoms. The minimum Gasteiger partial charge on any atom is -0.494 e. The average molecular weight is 329 g/mol. The predicted molar refractivity (Wildman–Crippen MR) is 85.6 cm³/mol. The largest absolute Gasteiger partial charge is 0.494 e. The van der Waals surface area contributed by atoms with Gasteiger partial charge in [-0.2, -0.15) is 5.26 Å². The Balaban J connectivity index is 1.97. The summed E-state index contributed by atoms with van der Waals surface area (Å²) in [5.41, 5.74) is 0.523. The predicted octanol–water partition coefficient (Wildman–Crippen LogP) is 2.98. The molecule has 0 atom stereocenters. The van der Waals surface area contributed by atoms with Crippen LogP contribution in [-0.2, 0) is 19.1 Å². The van der Waals surface area contributed by atoms with Gasteiger partial charge in [0.2, 0.25) is 0 Å². The SMILES string of the molecule is CC1(C)OC(=O)C(=Cc2ccc(OCCCCC#N)cc2)C(=O)O1. The number of hydrogen-bond donors (Lipinski definition) is 0. The number of cyclic esters (lactones) is 2. The van der Waals surface area contributed by atoms with Gasteiger partial charge in [0, 0.05) is 20.3 Å². The molecule has 0 aliphatic carbocycles. The van der Waals surface area contributed by atoms with E-state index in [-0.39, 0.29) is 5.57 Å². The van der Waals surface area contributed by atoms with Crippen molar-refractivity contribution < 1.29 is 23.8 Å². The van der Waals surface area contributed by atoms with Gasteiger partial charge < -0.3 is 14.2 Å². The summed E-state index contributed by atoms with van der Waals surface area (Å²) in [7, 11) is 0. The van der Waals surface area contributed by atoms with Gasteiger partial charge in [-0.15, -0.1) is 0 Å². The summed E-state index contributed by atoms with van der Waals surface area (Å²) in [6.45, 7) is 3.54. The first kappa shape index (κ1) is 17.5. The zero-order valence-electron chi connectivity index (χ0n) is 13.7. The summed E-state index contributed by atoms with van der Waals surface area (Å²) in [5.74, 6) is -1.96. The van der Waals surface area contributed by atoms with E-state index in [4.69, 9.17) is 19.5 Å². The lowest BCUT2D eigenvalue weighted by Crippen LogP contribution is -2.41. The second kappa shape index (κ2) is 7.64. The Labute approximate surface area is 140 Å². The highest BCUT2D eigenvalue weighted by molar-refractivity contribution is 6.18. The number of nitriles is 1. The third-order valence-corrected chi connectivity index (χ3v) is 3.26. The van der Waals surface area contributed by atoms with Crippen LogP contribution < -0.4 is 4.74 Å². The zero-order chi connectivity index (χ0) is 17.6. The highest BCUT2D eigenvalue weighted by Gasteiger charge is 2.38. The Morgan fingerprint density at radius 3 is 2.33 bits per heavy atom. The van der Waals surface area contributed by atoms with Gasteiger partial charge in [-0.3, -0.25) is 0 Å². The van der Waals surface area contributed by atoms with Crippen molar-refractivity contribution >= 4 is 18.0 Å². The van der Waals surface area contributed by atoms with Crippen molar-refractivity contribution in [2.75, 3.05) is 6.61 Å². The van der Waals surface area contributed by atoms with Gasteiger partial charge in [-0.25, -0.2) is 9.59 Å². The smallest absolute Gasteiger partial charge is 0.348 e. The standard InChI is InChI=1S/C18H19NO5/c1-18(2)23-16(20)15(17(21)24-18)12-13-6-8-14(9-7-13)22-11-5-3-4-10-19/h6-9,12H,3-5,11H2,1-2H3. The quantitative estimate of drug-likeness (QED) is 0.345. The van der Waals surface area contributed by atoms with E-state index in [0.717, 1.165) is 12.8 Å². The maximum absolute atomic E-state index is 11.9. The highest BCUT2D eigenvalue weighted by atomic mass is 16.7. The average Bonchev–Trinajstić information content (AvgIpc) is 2.51. The molecule has 126 valence electrons. The monoisotopic (exact) mass is 329 g/mol. The topological polar surface area (TPSA) is 85.6 Å². The van der Waals surface area contributed by atoms with Gasteiger partial charge in [0.15, 0.2) is 0 Å². The number of nitrogens with zero attached hydrogens (tertiary/aromatic N) is 1. The molecule has 0 N–H and O–H groups in total. The Morgan fingerprint density at radius 1 is 1.12 bits per heavy atom. The van der Waals surface area contributed by atoms with Gasteiger partial charge in [0.1, 0.15) is 11.3 Å². The van der Waals surface area contributed by atoms with Crippen LogP contribution in [0.1, 0.15) is 38.7 Å². The molecule has 0 spiro atoms. The van der Waals surface area contributed by atoms with Crippen LogP contribution in [0.25, 0.3) is 6.08 Å². The van der Waals surface area contributed by atoms with Gasteiger partial charge in [0.05, 0.1) is 12.7 Å². The minimum atomic E-state index is -1.24. The van der Waals surface area contributed by atoms with Crippen molar-refractivity contribution in [3.8, 4) is 11.8 Å². The second-order valence-corrected chi connectivity index (χ2v) is 5.77. The molecule has 2 rings (SSSR count).